The third-order valence-corrected chi connectivity index (χ3v) is 10.1. The predicted molar refractivity (Wildman–Crippen MR) is 185 cm³/mol. The number of rotatable bonds is 14. The summed E-state index contributed by atoms with van der Waals surface area (Å²) in [6.07, 6.45) is 6.78. The molecule has 0 aromatic heterocycles. The van der Waals surface area contributed by atoms with E-state index in [9.17, 15) is 19.7 Å². The highest BCUT2D eigenvalue weighted by molar-refractivity contribution is 6.07. The molecule has 0 aliphatic carbocycles. The third-order valence-electron chi connectivity index (χ3n) is 10.1. The van der Waals surface area contributed by atoms with Crippen molar-refractivity contribution in [3.63, 3.8) is 0 Å². The molecular weight excluding hydrogens is 628 g/mol. The molecule has 12 nitrogen and oxygen atoms in total. The van der Waals surface area contributed by atoms with Crippen molar-refractivity contribution in [2.75, 3.05) is 47.6 Å². The monoisotopic (exact) mass is 676 g/mol. The average Bonchev–Trinajstić information content (AvgIpc) is 3.11. The number of carbonyl (C=O) groups excluding carboxylic acids is 2. The molecule has 1 N–H and O–H groups in total. The molecule has 0 radical (unpaired) electrons. The van der Waals surface area contributed by atoms with Crippen LogP contribution in [0.2, 0.25) is 0 Å². The van der Waals surface area contributed by atoms with Gasteiger partial charge in [0, 0.05) is 60.2 Å². The van der Waals surface area contributed by atoms with Crippen molar-refractivity contribution in [2.24, 2.45) is 10.9 Å². The number of piperidine rings is 1. The first kappa shape index (κ1) is 36.0. The number of esters is 2. The van der Waals surface area contributed by atoms with Crippen molar-refractivity contribution in [1.29, 1.82) is 0 Å². The van der Waals surface area contributed by atoms with Crippen LogP contribution in [0.3, 0.4) is 0 Å². The van der Waals surface area contributed by atoms with E-state index in [-0.39, 0.29) is 17.9 Å². The molecule has 2 aromatic carbocycles. The van der Waals surface area contributed by atoms with E-state index in [1.54, 1.807) is 40.2 Å². The van der Waals surface area contributed by atoms with E-state index in [0.29, 0.717) is 35.5 Å². The summed E-state index contributed by atoms with van der Waals surface area (Å²) < 4.78 is 22.0. The van der Waals surface area contributed by atoms with Gasteiger partial charge in [-0.2, -0.15) is 0 Å². The van der Waals surface area contributed by atoms with Crippen LogP contribution in [0, 0.1) is 16.0 Å². The van der Waals surface area contributed by atoms with Gasteiger partial charge in [0.05, 0.1) is 38.4 Å². The Morgan fingerprint density at radius 3 is 2.57 bits per heavy atom. The topological polar surface area (TPSA) is 142 Å². The zero-order chi connectivity index (χ0) is 35.1. The summed E-state index contributed by atoms with van der Waals surface area (Å²) in [7, 11) is 4.67. The van der Waals surface area contributed by atoms with Crippen molar-refractivity contribution in [3.05, 3.63) is 74.5 Å². The molecular formula is C37H48N4O8. The van der Waals surface area contributed by atoms with Gasteiger partial charge in [-0.3, -0.25) is 24.8 Å². The molecule has 3 aliphatic rings. The maximum absolute atomic E-state index is 13.5. The summed E-state index contributed by atoms with van der Waals surface area (Å²) in [6.45, 7) is 6.65. The van der Waals surface area contributed by atoms with E-state index in [1.807, 2.05) is 6.07 Å². The number of hydrogen-bond donors (Lipinski definition) is 1. The molecule has 4 unspecified atom stereocenters. The van der Waals surface area contributed by atoms with Crippen LogP contribution in [-0.4, -0.2) is 81.1 Å². The lowest BCUT2D eigenvalue weighted by Crippen LogP contribution is -2.47. The maximum atomic E-state index is 13.5. The van der Waals surface area contributed by atoms with Crippen molar-refractivity contribution in [1.82, 2.24) is 10.2 Å². The van der Waals surface area contributed by atoms with E-state index >= 15 is 0 Å². The Kier molecular flexibility index (Phi) is 12.1. The number of hydrogen-bond acceptors (Lipinski definition) is 11. The molecule has 5 rings (SSSR count). The SMILES string of the molecule is COC(=O)C1C(C)=NC(C)=C(C(=O)OCCCCCCNC2CCN3CCc4c(ccc(OC)c4OC)C3C2)C1c1cccc([N+](=O)[O-])c1. The Labute approximate surface area is 288 Å². The first-order valence-corrected chi connectivity index (χ1v) is 17.1. The number of aliphatic imine (C=N–C) groups is 1. The summed E-state index contributed by atoms with van der Waals surface area (Å²) in [6, 6.07) is 11.0. The molecule has 12 heteroatoms. The Morgan fingerprint density at radius 2 is 1.84 bits per heavy atom. The van der Waals surface area contributed by atoms with Crippen molar-refractivity contribution in [3.8, 4) is 11.5 Å². The number of fused-ring (bicyclic) bond motifs is 3. The first-order chi connectivity index (χ1) is 23.7. The van der Waals surface area contributed by atoms with Crippen molar-refractivity contribution in [2.45, 2.75) is 76.8 Å². The van der Waals surface area contributed by atoms with Crippen LogP contribution in [0.5, 0.6) is 11.5 Å². The predicted octanol–water partition coefficient (Wildman–Crippen LogP) is 5.69. The Bertz CT molecular complexity index is 1600. The normalized spacial score (nSPS) is 22.0. The van der Waals surface area contributed by atoms with E-state index in [4.69, 9.17) is 18.9 Å². The summed E-state index contributed by atoms with van der Waals surface area (Å²) in [4.78, 5) is 44.4. The molecule has 3 aliphatic heterocycles. The molecule has 1 fully saturated rings. The highest BCUT2D eigenvalue weighted by Crippen LogP contribution is 2.44. The molecule has 1 saturated heterocycles. The number of nitro benzene ring substituents is 1. The van der Waals surface area contributed by atoms with Gasteiger partial charge in [0.2, 0.25) is 0 Å². The Morgan fingerprint density at radius 1 is 1.04 bits per heavy atom. The standard InChI is InChI=1S/C37H48N4O8/c1-23-32(36(42)48-5)34(25-11-10-12-27(21-25)41(44)45)33(24(2)39-23)37(43)49-20-9-7-6-8-17-38-26-15-18-40-19-16-29-28(30(40)22-26)13-14-31(46-3)35(29)47-4/h10-14,21,26,30,32,34,38H,6-9,15-20,22H2,1-5H3. The molecule has 3 heterocycles. The zero-order valence-corrected chi connectivity index (χ0v) is 29.2. The van der Waals surface area contributed by atoms with Gasteiger partial charge in [-0.1, -0.05) is 31.0 Å². The number of ether oxygens (including phenoxy) is 4. The van der Waals surface area contributed by atoms with Crippen LogP contribution in [0.1, 0.15) is 81.0 Å². The van der Waals surface area contributed by atoms with E-state index < -0.39 is 28.7 Å². The lowest BCUT2D eigenvalue weighted by Gasteiger charge is -2.44. The average molecular weight is 677 g/mol. The molecule has 49 heavy (non-hydrogen) atoms. The molecule has 0 spiro atoms. The van der Waals surface area contributed by atoms with Gasteiger partial charge in [0.25, 0.3) is 5.69 Å². The minimum atomic E-state index is -0.905. The minimum Gasteiger partial charge on any atom is -0.493 e. The Balaban J connectivity index is 1.10. The van der Waals surface area contributed by atoms with E-state index in [0.717, 1.165) is 69.7 Å². The van der Waals surface area contributed by atoms with Crippen molar-refractivity contribution >= 4 is 23.3 Å². The fraction of sp³-hybridized carbons (Fsp3) is 0.541. The largest absolute Gasteiger partial charge is 0.493 e. The fourth-order valence-corrected chi connectivity index (χ4v) is 7.68. The van der Waals surface area contributed by atoms with Gasteiger partial charge < -0.3 is 24.3 Å². The summed E-state index contributed by atoms with van der Waals surface area (Å²) in [5.41, 5.74) is 4.06. The van der Waals surface area contributed by atoms with Gasteiger partial charge in [0.15, 0.2) is 11.5 Å². The minimum absolute atomic E-state index is 0.132. The van der Waals surface area contributed by atoms with Crippen LogP contribution >= 0.6 is 0 Å². The maximum Gasteiger partial charge on any atom is 0.336 e. The number of carbonyl (C=O) groups is 2. The lowest BCUT2D eigenvalue weighted by atomic mass is 9.75. The summed E-state index contributed by atoms with van der Waals surface area (Å²) in [5, 5.41) is 15.3. The smallest absolute Gasteiger partial charge is 0.336 e. The number of non-ortho nitro benzene ring substituents is 1. The zero-order valence-electron chi connectivity index (χ0n) is 29.2. The second kappa shape index (κ2) is 16.4. The molecule has 0 bridgehead atoms. The van der Waals surface area contributed by atoms with Crippen LogP contribution in [0.4, 0.5) is 5.69 Å². The van der Waals surface area contributed by atoms with E-state index in [2.05, 4.69) is 21.3 Å². The van der Waals surface area contributed by atoms with E-state index in [1.165, 1.54) is 30.4 Å². The summed E-state index contributed by atoms with van der Waals surface area (Å²) in [5.74, 6) is -1.22. The van der Waals surface area contributed by atoms with Crippen LogP contribution in [-0.2, 0) is 25.5 Å². The highest BCUT2D eigenvalue weighted by atomic mass is 16.6. The number of methoxy groups -OCH3 is 3. The quantitative estimate of drug-likeness (QED) is 0.115. The number of nitrogens with zero attached hydrogens (tertiary/aromatic N) is 3. The number of benzene rings is 2. The molecule has 0 amide bonds. The number of unbranched alkanes of at least 4 members (excludes halogenated alkanes) is 3. The second-order valence-electron chi connectivity index (χ2n) is 13.0. The van der Waals surface area contributed by atoms with Crippen LogP contribution in [0.25, 0.3) is 0 Å². The van der Waals surface area contributed by atoms with Crippen LogP contribution < -0.4 is 14.8 Å². The van der Waals surface area contributed by atoms with Gasteiger partial charge in [-0.05, 0) is 69.7 Å². The number of nitro groups is 1. The highest BCUT2D eigenvalue weighted by Gasteiger charge is 2.42. The number of nitrogens with one attached hydrogen (secondary N) is 1. The fourth-order valence-electron chi connectivity index (χ4n) is 7.68. The summed E-state index contributed by atoms with van der Waals surface area (Å²) >= 11 is 0. The van der Waals surface area contributed by atoms with Crippen molar-refractivity contribution < 1.29 is 33.5 Å². The molecule has 264 valence electrons. The van der Waals surface area contributed by atoms with Crippen LogP contribution in [0.15, 0.2) is 52.7 Å². The molecule has 0 saturated carbocycles. The number of allylic oxidation sites excluding steroid dienone is 1. The van der Waals surface area contributed by atoms with Gasteiger partial charge >= 0.3 is 11.9 Å². The lowest BCUT2D eigenvalue weighted by molar-refractivity contribution is -0.384. The van der Waals surface area contributed by atoms with Gasteiger partial charge in [-0.25, -0.2) is 4.79 Å². The molecule has 4 atom stereocenters. The second-order valence-corrected chi connectivity index (χ2v) is 13.0. The first-order valence-electron chi connectivity index (χ1n) is 17.1. The van der Waals surface area contributed by atoms with Gasteiger partial charge in [0.1, 0.15) is 5.92 Å². The van der Waals surface area contributed by atoms with Gasteiger partial charge in [-0.15, -0.1) is 0 Å². The molecule has 2 aromatic rings. The Hall–Kier alpha value is -4.29. The third kappa shape index (κ3) is 7.96.